The van der Waals surface area contributed by atoms with Crippen LogP contribution in [0.25, 0.3) is 0 Å². The zero-order valence-electron chi connectivity index (χ0n) is 14.8. The van der Waals surface area contributed by atoms with Crippen molar-refractivity contribution in [1.82, 2.24) is 24.3 Å². The monoisotopic (exact) mass is 395 g/mol. The molecule has 4 rings (SSSR count). The molecule has 2 aromatic rings. The van der Waals surface area contributed by atoms with Crippen LogP contribution in [0.15, 0.2) is 34.3 Å². The molecule has 2 fully saturated rings. The number of nitrogens with one attached hydrogen (secondary N) is 1. The van der Waals surface area contributed by atoms with Gasteiger partial charge in [0.15, 0.2) is 5.03 Å². The normalized spacial score (nSPS) is 26.0. The van der Waals surface area contributed by atoms with E-state index in [0.717, 1.165) is 0 Å². The van der Waals surface area contributed by atoms with E-state index in [-0.39, 0.29) is 34.6 Å². The van der Waals surface area contributed by atoms with Crippen LogP contribution in [0.2, 0.25) is 0 Å². The van der Waals surface area contributed by atoms with E-state index >= 15 is 0 Å². The third-order valence-electron chi connectivity index (χ3n) is 5.17. The highest BCUT2D eigenvalue weighted by Crippen LogP contribution is 2.35. The van der Waals surface area contributed by atoms with Gasteiger partial charge in [-0.1, -0.05) is 5.16 Å². The number of sulfonamides is 1. The van der Waals surface area contributed by atoms with Gasteiger partial charge in [0, 0.05) is 44.9 Å². The molecule has 2 aliphatic heterocycles. The minimum atomic E-state index is -3.60. The highest BCUT2D eigenvalue weighted by atomic mass is 32.2. The van der Waals surface area contributed by atoms with Crippen molar-refractivity contribution < 1.29 is 22.5 Å². The summed E-state index contributed by atoms with van der Waals surface area (Å²) in [5.74, 6) is 0.121. The predicted octanol–water partition coefficient (Wildman–Crippen LogP) is -0.136. The van der Waals surface area contributed by atoms with Crippen molar-refractivity contribution in [2.24, 2.45) is 18.9 Å². The Kier molecular flexibility index (Phi) is 4.74. The highest BCUT2D eigenvalue weighted by Gasteiger charge is 2.44. The number of carbonyl (C=O) groups is 1. The molecule has 2 saturated heterocycles. The summed E-state index contributed by atoms with van der Waals surface area (Å²) in [5.41, 5.74) is 0. The molecule has 1 amide bonds. The molecule has 1 N–H and O–H groups in total. The molecule has 0 aliphatic carbocycles. The number of ether oxygens (including phenoxy) is 1. The van der Waals surface area contributed by atoms with Crippen molar-refractivity contribution in [3.8, 4) is 0 Å². The quantitative estimate of drug-likeness (QED) is 0.748. The molecule has 4 heterocycles. The van der Waals surface area contributed by atoms with Crippen LogP contribution in [0, 0.1) is 11.8 Å². The Bertz CT molecular complexity index is 910. The number of carbonyl (C=O) groups excluding carboxylic acids is 1. The van der Waals surface area contributed by atoms with Crippen LogP contribution in [-0.2, 0) is 21.8 Å². The summed E-state index contributed by atoms with van der Waals surface area (Å²) in [6.45, 7) is 1.64. The van der Waals surface area contributed by atoms with Crippen LogP contribution in [0.4, 0.5) is 0 Å². The van der Waals surface area contributed by atoms with Crippen molar-refractivity contribution in [1.29, 1.82) is 0 Å². The SMILES string of the molecule is Cn1cnc(S(=O)(=O)N2CC[C@@H]3[C@@H](CO[C@H]3CNC(=O)c3ccno3)C2)c1. The first-order valence-corrected chi connectivity index (χ1v) is 10.2. The first kappa shape index (κ1) is 18.1. The Labute approximate surface area is 156 Å². The van der Waals surface area contributed by atoms with Gasteiger partial charge in [-0.05, 0) is 12.3 Å². The van der Waals surface area contributed by atoms with E-state index in [1.807, 2.05) is 0 Å². The molecular formula is C16H21N5O5S. The van der Waals surface area contributed by atoms with Gasteiger partial charge >= 0.3 is 0 Å². The number of piperidine rings is 1. The van der Waals surface area contributed by atoms with Crippen molar-refractivity contribution >= 4 is 15.9 Å². The van der Waals surface area contributed by atoms with Gasteiger partial charge in [0.05, 0.1) is 25.2 Å². The molecule has 3 atom stereocenters. The second-order valence-electron chi connectivity index (χ2n) is 6.91. The predicted molar refractivity (Wildman–Crippen MR) is 92.1 cm³/mol. The number of rotatable bonds is 5. The number of aromatic nitrogens is 3. The molecule has 2 aromatic heterocycles. The lowest BCUT2D eigenvalue weighted by atomic mass is 9.85. The molecule has 146 valence electrons. The van der Waals surface area contributed by atoms with Gasteiger partial charge in [0.25, 0.3) is 15.9 Å². The van der Waals surface area contributed by atoms with Crippen LogP contribution < -0.4 is 5.32 Å². The number of hydrogen-bond acceptors (Lipinski definition) is 7. The molecule has 0 aromatic carbocycles. The molecule has 2 aliphatic rings. The fourth-order valence-electron chi connectivity index (χ4n) is 3.75. The molecule has 11 heteroatoms. The smallest absolute Gasteiger partial charge is 0.289 e. The maximum absolute atomic E-state index is 12.8. The number of imidazole rings is 1. The van der Waals surface area contributed by atoms with Crippen molar-refractivity contribution in [3.05, 3.63) is 30.5 Å². The third kappa shape index (κ3) is 3.49. The van der Waals surface area contributed by atoms with E-state index in [1.54, 1.807) is 11.6 Å². The van der Waals surface area contributed by atoms with Gasteiger partial charge in [-0.25, -0.2) is 13.4 Å². The fraction of sp³-hybridized carbons (Fsp3) is 0.562. The third-order valence-corrected chi connectivity index (χ3v) is 6.92. The average molecular weight is 395 g/mol. The Morgan fingerprint density at radius 1 is 1.44 bits per heavy atom. The molecule has 0 saturated carbocycles. The van der Waals surface area contributed by atoms with Gasteiger partial charge in [-0.2, -0.15) is 4.31 Å². The summed E-state index contributed by atoms with van der Waals surface area (Å²) in [6, 6.07) is 1.49. The number of fused-ring (bicyclic) bond motifs is 1. The number of amides is 1. The maximum atomic E-state index is 12.8. The van der Waals surface area contributed by atoms with E-state index in [0.29, 0.717) is 32.7 Å². The van der Waals surface area contributed by atoms with Crippen LogP contribution in [0.1, 0.15) is 17.0 Å². The average Bonchev–Trinajstić information content (AvgIpc) is 3.40. The molecule has 27 heavy (non-hydrogen) atoms. The van der Waals surface area contributed by atoms with Gasteiger partial charge in [0.1, 0.15) is 0 Å². The first-order valence-electron chi connectivity index (χ1n) is 8.74. The van der Waals surface area contributed by atoms with E-state index in [9.17, 15) is 13.2 Å². The molecule has 0 unspecified atom stereocenters. The number of aryl methyl sites for hydroxylation is 1. The fourth-order valence-corrected chi connectivity index (χ4v) is 5.23. The molecule has 10 nitrogen and oxygen atoms in total. The summed E-state index contributed by atoms with van der Waals surface area (Å²) < 4.78 is 39.3. The van der Waals surface area contributed by atoms with E-state index in [4.69, 9.17) is 9.26 Å². The van der Waals surface area contributed by atoms with Gasteiger partial charge in [0.2, 0.25) is 5.76 Å². The van der Waals surface area contributed by atoms with Crippen LogP contribution >= 0.6 is 0 Å². The summed E-state index contributed by atoms with van der Waals surface area (Å²) in [5, 5.41) is 6.37. The summed E-state index contributed by atoms with van der Waals surface area (Å²) in [7, 11) is -1.86. The standard InChI is InChI=1S/C16H21N5O5S/c1-20-8-15(18-10-20)27(23,24)21-5-3-12-11(7-21)9-25-14(12)6-17-16(22)13-2-4-19-26-13/h2,4,8,10-12,14H,3,5-7,9H2,1H3,(H,17,22)/t11-,12-,14+/m1/s1. The highest BCUT2D eigenvalue weighted by molar-refractivity contribution is 7.89. The molecule has 0 bridgehead atoms. The largest absolute Gasteiger partial charge is 0.376 e. The minimum Gasteiger partial charge on any atom is -0.376 e. The van der Waals surface area contributed by atoms with Gasteiger partial charge < -0.3 is 19.1 Å². The lowest BCUT2D eigenvalue weighted by Gasteiger charge is -2.34. The van der Waals surface area contributed by atoms with Crippen molar-refractivity contribution in [2.75, 3.05) is 26.2 Å². The van der Waals surface area contributed by atoms with Crippen LogP contribution in [-0.4, -0.2) is 65.7 Å². The Balaban J connectivity index is 1.36. The first-order chi connectivity index (χ1) is 12.9. The van der Waals surface area contributed by atoms with Crippen molar-refractivity contribution in [3.63, 3.8) is 0 Å². The summed E-state index contributed by atoms with van der Waals surface area (Å²) in [6.07, 6.45) is 4.94. The Hall–Kier alpha value is -2.24. The molecular weight excluding hydrogens is 374 g/mol. The van der Waals surface area contributed by atoms with Crippen molar-refractivity contribution in [2.45, 2.75) is 17.6 Å². The van der Waals surface area contributed by atoms with Gasteiger partial charge in [-0.15, -0.1) is 0 Å². The summed E-state index contributed by atoms with van der Waals surface area (Å²) >= 11 is 0. The zero-order chi connectivity index (χ0) is 19.0. The Morgan fingerprint density at radius 3 is 3.00 bits per heavy atom. The minimum absolute atomic E-state index is 0.0678. The van der Waals surface area contributed by atoms with Crippen LogP contribution in [0.3, 0.4) is 0 Å². The molecule has 0 spiro atoms. The summed E-state index contributed by atoms with van der Waals surface area (Å²) in [4.78, 5) is 15.9. The maximum Gasteiger partial charge on any atom is 0.289 e. The molecule has 0 radical (unpaired) electrons. The lowest BCUT2D eigenvalue weighted by molar-refractivity contribution is 0.0741. The second-order valence-corrected chi connectivity index (χ2v) is 8.80. The van der Waals surface area contributed by atoms with E-state index < -0.39 is 10.0 Å². The lowest BCUT2D eigenvalue weighted by Crippen LogP contribution is -2.46. The zero-order valence-corrected chi connectivity index (χ0v) is 15.6. The topological polar surface area (TPSA) is 120 Å². The number of nitrogens with zero attached hydrogens (tertiary/aromatic N) is 4. The van der Waals surface area contributed by atoms with Gasteiger partial charge in [-0.3, -0.25) is 4.79 Å². The van der Waals surface area contributed by atoms with Crippen LogP contribution in [0.5, 0.6) is 0 Å². The second kappa shape index (κ2) is 7.06. The Morgan fingerprint density at radius 2 is 2.30 bits per heavy atom. The van der Waals surface area contributed by atoms with E-state index in [2.05, 4.69) is 15.5 Å². The van der Waals surface area contributed by atoms with E-state index in [1.165, 1.54) is 29.1 Å². The number of hydrogen-bond donors (Lipinski definition) is 1.